The summed E-state index contributed by atoms with van der Waals surface area (Å²) < 4.78 is 5.09. The van der Waals surface area contributed by atoms with Crippen molar-refractivity contribution in [1.82, 2.24) is 9.97 Å². The van der Waals surface area contributed by atoms with E-state index in [0.717, 1.165) is 5.56 Å². The Bertz CT molecular complexity index is 754. The van der Waals surface area contributed by atoms with Gasteiger partial charge in [-0.05, 0) is 36.1 Å². The second-order valence-electron chi connectivity index (χ2n) is 5.53. The molecular weight excluding hydrogens is 330 g/mol. The molecule has 3 rings (SSSR count). The predicted molar refractivity (Wildman–Crippen MR) is 90.2 cm³/mol. The van der Waals surface area contributed by atoms with Gasteiger partial charge in [0.2, 0.25) is 5.28 Å². The number of esters is 1. The number of hydrogen-bond acceptors (Lipinski definition) is 6. The van der Waals surface area contributed by atoms with Crippen molar-refractivity contribution in [3.63, 3.8) is 0 Å². The fraction of sp³-hybridized carbons (Fsp3) is 0.353. The Morgan fingerprint density at radius 1 is 1.42 bits per heavy atom. The first kappa shape index (κ1) is 16.7. The number of anilines is 1. The molecule has 0 fully saturated rings. The Kier molecular flexibility index (Phi) is 4.97. The lowest BCUT2D eigenvalue weighted by Crippen LogP contribution is -2.44. The lowest BCUT2D eigenvalue weighted by Gasteiger charge is -2.37. The van der Waals surface area contributed by atoms with Gasteiger partial charge in [0, 0.05) is 12.7 Å². The molecule has 0 amide bonds. The topological polar surface area (TPSA) is 75.5 Å². The molecule has 1 aromatic carbocycles. The molecule has 0 bridgehead atoms. The van der Waals surface area contributed by atoms with Crippen molar-refractivity contribution in [2.24, 2.45) is 0 Å². The van der Waals surface area contributed by atoms with Crippen molar-refractivity contribution < 1.29 is 14.6 Å². The number of carbonyl (C=O) groups is 1. The molecule has 7 heteroatoms. The predicted octanol–water partition coefficient (Wildman–Crippen LogP) is 2.23. The number of carbonyl (C=O) groups excluding carboxylic acids is 1. The number of aliphatic hydroxyl groups is 1. The van der Waals surface area contributed by atoms with Gasteiger partial charge in [0.15, 0.2) is 0 Å². The average Bonchev–Trinajstić information content (AvgIpc) is 2.60. The number of halogens is 1. The van der Waals surface area contributed by atoms with Crippen LogP contribution in [0.2, 0.25) is 5.28 Å². The van der Waals surface area contributed by atoms with E-state index in [4.69, 9.17) is 16.3 Å². The van der Waals surface area contributed by atoms with E-state index in [0.29, 0.717) is 18.8 Å². The Hall–Kier alpha value is -2.18. The number of benzene rings is 1. The first-order valence-corrected chi connectivity index (χ1v) is 8.15. The highest BCUT2D eigenvalue weighted by atomic mass is 35.5. The first-order valence-electron chi connectivity index (χ1n) is 7.78. The molecule has 2 aromatic rings. The molecule has 1 N–H and O–H groups in total. The summed E-state index contributed by atoms with van der Waals surface area (Å²) in [6.07, 6.45) is 2.04. The number of rotatable bonds is 4. The van der Waals surface area contributed by atoms with Gasteiger partial charge in [-0.15, -0.1) is 0 Å². The van der Waals surface area contributed by atoms with Gasteiger partial charge in [-0.1, -0.05) is 24.3 Å². The highest BCUT2D eigenvalue weighted by molar-refractivity contribution is 6.28. The fourth-order valence-corrected chi connectivity index (χ4v) is 3.05. The van der Waals surface area contributed by atoms with E-state index in [-0.39, 0.29) is 30.1 Å². The molecule has 0 aliphatic carbocycles. The maximum Gasteiger partial charge on any atom is 0.343 e. The lowest BCUT2D eigenvalue weighted by atomic mass is 9.94. The van der Waals surface area contributed by atoms with E-state index < -0.39 is 5.97 Å². The second-order valence-corrected chi connectivity index (χ2v) is 5.87. The minimum Gasteiger partial charge on any atom is -0.462 e. The van der Waals surface area contributed by atoms with E-state index in [2.05, 4.69) is 16.0 Å². The Balaban J connectivity index is 2.04. The maximum atomic E-state index is 12.2. The first-order chi connectivity index (χ1) is 11.6. The zero-order valence-corrected chi connectivity index (χ0v) is 14.0. The van der Waals surface area contributed by atoms with Crippen molar-refractivity contribution in [1.29, 1.82) is 0 Å². The second kappa shape index (κ2) is 7.15. The standard InChI is InChI=1S/C17H18ClN3O3/c1-2-24-16(23)14-8-19-17(18)20-15(14)21-9-12-6-4-3-5-11(12)7-13(21)10-22/h3-6,8,13,22H,2,7,9-10H2,1H3. The normalized spacial score (nSPS) is 16.6. The van der Waals surface area contributed by atoms with Gasteiger partial charge in [0.1, 0.15) is 11.4 Å². The molecule has 1 aliphatic heterocycles. The Morgan fingerprint density at radius 2 is 2.17 bits per heavy atom. The molecular formula is C17H18ClN3O3. The number of hydrogen-bond donors (Lipinski definition) is 1. The number of fused-ring (bicyclic) bond motifs is 1. The van der Waals surface area contributed by atoms with Crippen molar-refractivity contribution >= 4 is 23.4 Å². The molecule has 126 valence electrons. The Morgan fingerprint density at radius 3 is 2.88 bits per heavy atom. The third-order valence-corrected chi connectivity index (χ3v) is 4.25. The van der Waals surface area contributed by atoms with Crippen LogP contribution >= 0.6 is 11.6 Å². The molecule has 1 aromatic heterocycles. The number of aromatic nitrogens is 2. The summed E-state index contributed by atoms with van der Waals surface area (Å²) in [5.41, 5.74) is 2.57. The number of nitrogens with zero attached hydrogens (tertiary/aromatic N) is 3. The van der Waals surface area contributed by atoms with Crippen molar-refractivity contribution in [3.05, 3.63) is 52.4 Å². The van der Waals surface area contributed by atoms with Gasteiger partial charge in [-0.25, -0.2) is 9.78 Å². The molecule has 0 saturated carbocycles. The van der Waals surface area contributed by atoms with E-state index in [1.165, 1.54) is 11.8 Å². The van der Waals surface area contributed by atoms with Gasteiger partial charge < -0.3 is 14.7 Å². The summed E-state index contributed by atoms with van der Waals surface area (Å²) in [7, 11) is 0. The van der Waals surface area contributed by atoms with Crippen LogP contribution < -0.4 is 4.90 Å². The molecule has 0 saturated heterocycles. The van der Waals surface area contributed by atoms with E-state index in [9.17, 15) is 9.90 Å². The van der Waals surface area contributed by atoms with E-state index in [1.807, 2.05) is 23.1 Å². The molecule has 0 spiro atoms. The van der Waals surface area contributed by atoms with Crippen LogP contribution in [-0.2, 0) is 17.7 Å². The zero-order valence-electron chi connectivity index (χ0n) is 13.3. The smallest absolute Gasteiger partial charge is 0.343 e. The number of ether oxygens (including phenoxy) is 1. The highest BCUT2D eigenvalue weighted by Crippen LogP contribution is 2.30. The average molecular weight is 348 g/mol. The third kappa shape index (κ3) is 3.20. The van der Waals surface area contributed by atoms with Crippen LogP contribution in [0, 0.1) is 0 Å². The SMILES string of the molecule is CCOC(=O)c1cnc(Cl)nc1N1Cc2ccccc2CC1CO. The van der Waals surface area contributed by atoms with Gasteiger partial charge in [-0.2, -0.15) is 4.98 Å². The fourth-order valence-electron chi connectivity index (χ4n) is 2.92. The van der Waals surface area contributed by atoms with Gasteiger partial charge in [0.05, 0.1) is 19.3 Å². The summed E-state index contributed by atoms with van der Waals surface area (Å²) in [5.74, 6) is -0.110. The minimum absolute atomic E-state index is 0.0496. The largest absolute Gasteiger partial charge is 0.462 e. The van der Waals surface area contributed by atoms with Crippen molar-refractivity contribution in [3.8, 4) is 0 Å². The molecule has 24 heavy (non-hydrogen) atoms. The monoisotopic (exact) mass is 347 g/mol. The summed E-state index contributed by atoms with van der Waals surface area (Å²) in [4.78, 5) is 22.3. The summed E-state index contributed by atoms with van der Waals surface area (Å²) in [6, 6.07) is 7.83. The van der Waals surface area contributed by atoms with Crippen LogP contribution in [0.25, 0.3) is 0 Å². The van der Waals surface area contributed by atoms with Crippen molar-refractivity contribution in [2.75, 3.05) is 18.1 Å². The summed E-state index contributed by atoms with van der Waals surface area (Å²) in [6.45, 7) is 2.47. The van der Waals surface area contributed by atoms with Crippen LogP contribution in [0.15, 0.2) is 30.5 Å². The Labute approximate surface area is 145 Å². The van der Waals surface area contributed by atoms with E-state index >= 15 is 0 Å². The highest BCUT2D eigenvalue weighted by Gasteiger charge is 2.30. The van der Waals surface area contributed by atoms with Crippen LogP contribution in [-0.4, -0.2) is 40.3 Å². The summed E-state index contributed by atoms with van der Waals surface area (Å²) in [5, 5.41) is 9.87. The molecule has 1 aliphatic rings. The van der Waals surface area contributed by atoms with Crippen LogP contribution in [0.1, 0.15) is 28.4 Å². The van der Waals surface area contributed by atoms with Crippen LogP contribution in [0.5, 0.6) is 0 Å². The maximum absolute atomic E-state index is 12.2. The minimum atomic E-state index is -0.500. The van der Waals surface area contributed by atoms with Gasteiger partial charge >= 0.3 is 5.97 Å². The van der Waals surface area contributed by atoms with Crippen LogP contribution in [0.4, 0.5) is 5.82 Å². The van der Waals surface area contributed by atoms with E-state index in [1.54, 1.807) is 6.92 Å². The van der Waals surface area contributed by atoms with Gasteiger partial charge in [0.25, 0.3) is 0 Å². The molecule has 1 unspecified atom stereocenters. The quantitative estimate of drug-likeness (QED) is 0.675. The molecule has 2 heterocycles. The lowest BCUT2D eigenvalue weighted by molar-refractivity contribution is 0.0525. The van der Waals surface area contributed by atoms with Crippen LogP contribution in [0.3, 0.4) is 0 Å². The third-order valence-electron chi connectivity index (χ3n) is 4.07. The molecule has 0 radical (unpaired) electrons. The zero-order chi connectivity index (χ0) is 17.1. The van der Waals surface area contributed by atoms with Crippen molar-refractivity contribution in [2.45, 2.75) is 25.9 Å². The number of aliphatic hydroxyl groups excluding tert-OH is 1. The summed E-state index contributed by atoms with van der Waals surface area (Å²) >= 11 is 5.95. The molecule has 6 nitrogen and oxygen atoms in total. The van der Waals surface area contributed by atoms with Gasteiger partial charge in [-0.3, -0.25) is 0 Å². The molecule has 1 atom stereocenters.